The molecule has 3 atom stereocenters. The molecular weight excluding hydrogens is 428 g/mol. The maximum Gasteiger partial charge on any atom is 0.277 e. The van der Waals surface area contributed by atoms with Crippen molar-refractivity contribution in [2.45, 2.75) is 51.4 Å². The van der Waals surface area contributed by atoms with E-state index in [0.717, 1.165) is 0 Å². The highest BCUT2D eigenvalue weighted by Gasteiger charge is 2.39. The van der Waals surface area contributed by atoms with Gasteiger partial charge in [-0.25, -0.2) is 0 Å². The number of ether oxygens (including phenoxy) is 2. The van der Waals surface area contributed by atoms with E-state index in [4.69, 9.17) is 14.0 Å². The number of nitrogens with zero attached hydrogens (tertiary/aromatic N) is 2. The third kappa shape index (κ3) is 5.00. The zero-order valence-corrected chi connectivity index (χ0v) is 18.9. The van der Waals surface area contributed by atoms with Crippen LogP contribution < -0.4 is 15.4 Å². The predicted octanol–water partition coefficient (Wildman–Crippen LogP) is 2.14. The van der Waals surface area contributed by atoms with Crippen molar-refractivity contribution in [1.29, 1.82) is 0 Å². The van der Waals surface area contributed by atoms with Gasteiger partial charge in [0, 0.05) is 25.3 Å². The van der Waals surface area contributed by atoms with E-state index < -0.39 is 5.91 Å². The summed E-state index contributed by atoms with van der Waals surface area (Å²) in [6, 6.07) is 6.27. The van der Waals surface area contributed by atoms with Crippen LogP contribution in [0.2, 0.25) is 0 Å². The molecule has 0 bridgehead atoms. The molecule has 0 unspecified atom stereocenters. The number of hydrogen-bond acceptors (Lipinski definition) is 7. The van der Waals surface area contributed by atoms with Crippen LogP contribution in [0.1, 0.15) is 52.8 Å². The molecular formula is C23H28N4O6. The van der Waals surface area contributed by atoms with Crippen molar-refractivity contribution in [3.05, 3.63) is 41.3 Å². The van der Waals surface area contributed by atoms with Crippen molar-refractivity contribution in [2.24, 2.45) is 0 Å². The second kappa shape index (κ2) is 9.62. The number of anilines is 1. The summed E-state index contributed by atoms with van der Waals surface area (Å²) < 4.78 is 17.0. The summed E-state index contributed by atoms with van der Waals surface area (Å²) in [6.07, 6.45) is 1.13. The van der Waals surface area contributed by atoms with E-state index in [1.807, 2.05) is 6.92 Å². The molecule has 10 heteroatoms. The number of nitrogens with one attached hydrogen (secondary N) is 2. The van der Waals surface area contributed by atoms with E-state index >= 15 is 0 Å². The normalized spacial score (nSPS) is 22.3. The van der Waals surface area contributed by atoms with Gasteiger partial charge in [0.05, 0.1) is 24.1 Å². The highest BCUT2D eigenvalue weighted by molar-refractivity contribution is 6.04. The zero-order valence-electron chi connectivity index (χ0n) is 18.9. The SMILES string of the molecule is CCNC(=O)C[C@H]1CC[C@H]2[C@H](COc3ccc(NC(=O)c4cc(C)on4)cc3C(=O)N2C)O1. The Morgan fingerprint density at radius 3 is 2.79 bits per heavy atom. The van der Waals surface area contributed by atoms with E-state index in [1.54, 1.807) is 37.1 Å². The second-order valence-electron chi connectivity index (χ2n) is 8.31. The molecule has 2 aliphatic heterocycles. The summed E-state index contributed by atoms with van der Waals surface area (Å²) in [5.74, 6) is 0.242. The molecule has 0 aliphatic carbocycles. The number of benzene rings is 1. The Hall–Kier alpha value is -3.40. The molecule has 3 heterocycles. The summed E-state index contributed by atoms with van der Waals surface area (Å²) in [6.45, 7) is 4.41. The molecule has 0 radical (unpaired) electrons. The number of likely N-dealkylation sites (N-methyl/N-ethyl adjacent to an activating group) is 1. The smallest absolute Gasteiger partial charge is 0.277 e. The van der Waals surface area contributed by atoms with Crippen LogP contribution in [-0.4, -0.2) is 66.2 Å². The maximum absolute atomic E-state index is 13.3. The van der Waals surface area contributed by atoms with Crippen molar-refractivity contribution in [1.82, 2.24) is 15.4 Å². The van der Waals surface area contributed by atoms with Crippen LogP contribution in [0, 0.1) is 6.92 Å². The standard InChI is InChI=1S/C23H28N4O6/c1-4-24-21(28)11-15-6-7-18-20(32-15)12-31-19-8-5-14(10-16(19)23(30)27(18)3)25-22(29)17-9-13(2)33-26-17/h5,8-10,15,18,20H,4,6-7,11-12H2,1-3H3,(H,24,28)(H,25,29)/t15-,18+,20+/m1/s1. The lowest BCUT2D eigenvalue weighted by Gasteiger charge is -2.42. The zero-order chi connectivity index (χ0) is 23.5. The van der Waals surface area contributed by atoms with Crippen molar-refractivity contribution in [3.63, 3.8) is 0 Å². The van der Waals surface area contributed by atoms with Gasteiger partial charge in [0.25, 0.3) is 11.8 Å². The van der Waals surface area contributed by atoms with Gasteiger partial charge in [0.15, 0.2) is 5.69 Å². The molecule has 33 heavy (non-hydrogen) atoms. The van der Waals surface area contributed by atoms with Gasteiger partial charge in [-0.3, -0.25) is 14.4 Å². The molecule has 10 nitrogen and oxygen atoms in total. The van der Waals surface area contributed by atoms with Gasteiger partial charge in [-0.05, 0) is 44.9 Å². The van der Waals surface area contributed by atoms with Crippen molar-refractivity contribution < 1.29 is 28.4 Å². The molecule has 0 spiro atoms. The molecule has 1 saturated heterocycles. The van der Waals surface area contributed by atoms with Crippen LogP contribution >= 0.6 is 0 Å². The molecule has 2 aromatic rings. The van der Waals surface area contributed by atoms with Crippen LogP contribution in [0.5, 0.6) is 5.75 Å². The number of rotatable bonds is 5. The highest BCUT2D eigenvalue weighted by Crippen LogP contribution is 2.32. The summed E-state index contributed by atoms with van der Waals surface area (Å²) in [7, 11) is 1.74. The average molecular weight is 456 g/mol. The van der Waals surface area contributed by atoms with Gasteiger partial charge in [0.2, 0.25) is 5.91 Å². The lowest BCUT2D eigenvalue weighted by atomic mass is 9.94. The average Bonchev–Trinajstić information content (AvgIpc) is 3.23. The van der Waals surface area contributed by atoms with Crippen LogP contribution in [0.3, 0.4) is 0 Å². The Bertz CT molecular complexity index is 1050. The largest absolute Gasteiger partial charge is 0.490 e. The number of carbonyl (C=O) groups is 3. The fraction of sp³-hybridized carbons (Fsp3) is 0.478. The van der Waals surface area contributed by atoms with E-state index in [-0.39, 0.29) is 42.4 Å². The first-order valence-corrected chi connectivity index (χ1v) is 11.1. The van der Waals surface area contributed by atoms with Gasteiger partial charge < -0.3 is 29.5 Å². The first-order valence-electron chi connectivity index (χ1n) is 11.1. The van der Waals surface area contributed by atoms with E-state index in [1.165, 1.54) is 6.07 Å². The number of hydrogen-bond donors (Lipinski definition) is 2. The lowest BCUT2D eigenvalue weighted by molar-refractivity contribution is -0.133. The fourth-order valence-corrected chi connectivity index (χ4v) is 4.25. The number of fused-ring (bicyclic) bond motifs is 2. The molecule has 3 amide bonds. The third-order valence-electron chi connectivity index (χ3n) is 5.92. The first-order chi connectivity index (χ1) is 15.9. The number of amides is 3. The van der Waals surface area contributed by atoms with Crippen molar-refractivity contribution >= 4 is 23.4 Å². The van der Waals surface area contributed by atoms with Gasteiger partial charge in [-0.15, -0.1) is 0 Å². The Kier molecular flexibility index (Phi) is 6.64. The number of aryl methyl sites for hydroxylation is 1. The fourth-order valence-electron chi connectivity index (χ4n) is 4.25. The van der Waals surface area contributed by atoms with Crippen LogP contribution in [0.4, 0.5) is 5.69 Å². The summed E-state index contributed by atoms with van der Waals surface area (Å²) >= 11 is 0. The number of carbonyl (C=O) groups excluding carboxylic acids is 3. The first kappa shape index (κ1) is 22.8. The molecule has 2 N–H and O–H groups in total. The Labute approximate surface area is 191 Å². The highest BCUT2D eigenvalue weighted by atomic mass is 16.5. The summed E-state index contributed by atoms with van der Waals surface area (Å²) in [5, 5.41) is 9.23. The van der Waals surface area contributed by atoms with Gasteiger partial charge in [0.1, 0.15) is 24.2 Å². The topological polar surface area (TPSA) is 123 Å². The predicted molar refractivity (Wildman–Crippen MR) is 118 cm³/mol. The number of aromatic nitrogens is 1. The van der Waals surface area contributed by atoms with Crippen LogP contribution in [0.15, 0.2) is 28.8 Å². The van der Waals surface area contributed by atoms with Crippen LogP contribution in [-0.2, 0) is 9.53 Å². The minimum atomic E-state index is -0.432. The van der Waals surface area contributed by atoms with E-state index in [2.05, 4.69) is 15.8 Å². The maximum atomic E-state index is 13.3. The summed E-state index contributed by atoms with van der Waals surface area (Å²) in [4.78, 5) is 39.3. The van der Waals surface area contributed by atoms with E-state index in [9.17, 15) is 14.4 Å². The van der Waals surface area contributed by atoms with Gasteiger partial charge >= 0.3 is 0 Å². The third-order valence-corrected chi connectivity index (χ3v) is 5.92. The molecule has 4 rings (SSSR count). The van der Waals surface area contributed by atoms with Crippen LogP contribution in [0.25, 0.3) is 0 Å². The summed E-state index contributed by atoms with van der Waals surface area (Å²) in [5.41, 5.74) is 0.960. The second-order valence-corrected chi connectivity index (χ2v) is 8.31. The van der Waals surface area contributed by atoms with Crippen molar-refractivity contribution in [3.8, 4) is 5.75 Å². The molecule has 2 aliphatic rings. The molecule has 176 valence electrons. The van der Waals surface area contributed by atoms with Gasteiger partial charge in [-0.1, -0.05) is 5.16 Å². The van der Waals surface area contributed by atoms with E-state index in [0.29, 0.717) is 48.6 Å². The van der Waals surface area contributed by atoms with Gasteiger partial charge in [-0.2, -0.15) is 0 Å². The monoisotopic (exact) mass is 456 g/mol. The molecule has 0 saturated carbocycles. The van der Waals surface area contributed by atoms with Crippen molar-refractivity contribution in [2.75, 3.05) is 25.5 Å². The lowest BCUT2D eigenvalue weighted by Crippen LogP contribution is -2.54. The minimum Gasteiger partial charge on any atom is -0.490 e. The Morgan fingerprint density at radius 1 is 1.24 bits per heavy atom. The molecule has 1 aromatic carbocycles. The Morgan fingerprint density at radius 2 is 2.06 bits per heavy atom. The molecule has 1 fully saturated rings. The molecule has 1 aromatic heterocycles. The minimum absolute atomic E-state index is 0.0437. The quantitative estimate of drug-likeness (QED) is 0.707. The Balaban J connectivity index is 1.49.